The second-order valence-corrected chi connectivity index (χ2v) is 7.71. The molecule has 7 heteroatoms. The first-order valence-corrected chi connectivity index (χ1v) is 10.3. The molecule has 2 amide bonds. The number of hydrogen-bond donors (Lipinski definition) is 1. The Labute approximate surface area is 178 Å². The Bertz CT molecular complexity index is 1170. The first-order valence-electron chi connectivity index (χ1n) is 9.46. The number of nitriles is 1. The average molecular weight is 414 g/mol. The molecular formula is C23H18N4O2S. The van der Waals surface area contributed by atoms with Crippen molar-refractivity contribution in [3.05, 3.63) is 83.0 Å². The molecule has 0 saturated heterocycles. The van der Waals surface area contributed by atoms with Gasteiger partial charge in [-0.1, -0.05) is 17.8 Å². The number of amides is 2. The van der Waals surface area contributed by atoms with Crippen molar-refractivity contribution in [2.75, 3.05) is 11.4 Å². The third kappa shape index (κ3) is 3.78. The van der Waals surface area contributed by atoms with Crippen molar-refractivity contribution < 1.29 is 9.59 Å². The molecule has 30 heavy (non-hydrogen) atoms. The van der Waals surface area contributed by atoms with E-state index in [2.05, 4.69) is 10.3 Å². The van der Waals surface area contributed by atoms with Crippen LogP contribution in [0.5, 0.6) is 0 Å². The van der Waals surface area contributed by atoms with Crippen LogP contribution in [0.2, 0.25) is 0 Å². The van der Waals surface area contributed by atoms with Crippen molar-refractivity contribution in [3.8, 4) is 6.07 Å². The molecule has 3 aromatic rings. The summed E-state index contributed by atoms with van der Waals surface area (Å²) in [6.45, 7) is 2.84. The van der Waals surface area contributed by atoms with Gasteiger partial charge in [0.1, 0.15) is 5.03 Å². The van der Waals surface area contributed by atoms with Crippen LogP contribution in [0.1, 0.15) is 38.8 Å². The molecule has 1 aliphatic rings. The van der Waals surface area contributed by atoms with Crippen LogP contribution in [0.25, 0.3) is 0 Å². The molecule has 6 nitrogen and oxygen atoms in total. The Kier molecular flexibility index (Phi) is 5.50. The number of carbonyl (C=O) groups is 2. The minimum absolute atomic E-state index is 0.0614. The standard InChI is InChI=1S/C23H18N4O2S/c1-2-27-19-10-7-16(14-26-21(28)17-8-5-15(13-24)6-9-17)12-20(19)30-22-18(23(27)29)4-3-11-25-22/h3-12H,2,14H2,1H3,(H,26,28). The summed E-state index contributed by atoms with van der Waals surface area (Å²) < 4.78 is 0. The van der Waals surface area contributed by atoms with Crippen LogP contribution in [0, 0.1) is 11.3 Å². The van der Waals surface area contributed by atoms with Gasteiger partial charge in [0.05, 0.1) is 22.9 Å². The molecule has 4 rings (SSSR count). The number of benzene rings is 2. The minimum Gasteiger partial charge on any atom is -0.348 e. The third-order valence-electron chi connectivity index (χ3n) is 4.81. The number of anilines is 1. The van der Waals surface area contributed by atoms with E-state index >= 15 is 0 Å². The van der Waals surface area contributed by atoms with Crippen LogP contribution in [-0.2, 0) is 6.54 Å². The number of nitrogens with one attached hydrogen (secondary N) is 1. The topological polar surface area (TPSA) is 86.1 Å². The maximum atomic E-state index is 12.9. The van der Waals surface area contributed by atoms with Crippen LogP contribution >= 0.6 is 11.8 Å². The van der Waals surface area contributed by atoms with Crippen molar-refractivity contribution >= 4 is 29.3 Å². The van der Waals surface area contributed by atoms with Gasteiger partial charge in [0, 0.05) is 29.7 Å². The van der Waals surface area contributed by atoms with Crippen LogP contribution in [-0.4, -0.2) is 23.3 Å². The summed E-state index contributed by atoms with van der Waals surface area (Å²) in [5.74, 6) is -0.270. The van der Waals surface area contributed by atoms with Gasteiger partial charge < -0.3 is 10.2 Å². The number of rotatable bonds is 4. The predicted octanol–water partition coefficient (Wildman–Crippen LogP) is 4.01. The summed E-state index contributed by atoms with van der Waals surface area (Å²) in [7, 11) is 0. The molecule has 148 valence electrons. The Morgan fingerprint density at radius 1 is 1.20 bits per heavy atom. The lowest BCUT2D eigenvalue weighted by atomic mass is 10.1. The minimum atomic E-state index is -0.209. The van der Waals surface area contributed by atoms with Gasteiger partial charge in [0.2, 0.25) is 0 Å². The molecule has 0 saturated carbocycles. The van der Waals surface area contributed by atoms with E-state index in [9.17, 15) is 9.59 Å². The van der Waals surface area contributed by atoms with Crippen LogP contribution in [0.15, 0.2) is 70.7 Å². The third-order valence-corrected chi connectivity index (χ3v) is 5.88. The van der Waals surface area contributed by atoms with E-state index in [4.69, 9.17) is 5.26 Å². The number of fused-ring (bicyclic) bond motifs is 2. The summed E-state index contributed by atoms with van der Waals surface area (Å²) >= 11 is 1.46. The van der Waals surface area contributed by atoms with Crippen molar-refractivity contribution in [2.24, 2.45) is 0 Å². The molecule has 2 aromatic carbocycles. The number of pyridine rings is 1. The van der Waals surface area contributed by atoms with Crippen LogP contribution < -0.4 is 10.2 Å². The van der Waals surface area contributed by atoms with Gasteiger partial charge in [-0.2, -0.15) is 5.26 Å². The SMILES string of the molecule is CCN1C(=O)c2cccnc2Sc2cc(CNC(=O)c3ccc(C#N)cc3)ccc21. The average Bonchev–Trinajstić information content (AvgIpc) is 2.90. The maximum Gasteiger partial charge on any atom is 0.261 e. The highest BCUT2D eigenvalue weighted by Crippen LogP contribution is 2.40. The number of hydrogen-bond acceptors (Lipinski definition) is 5. The Morgan fingerprint density at radius 2 is 2.00 bits per heavy atom. The molecule has 1 aliphatic heterocycles. The summed E-state index contributed by atoms with van der Waals surface area (Å²) in [5.41, 5.74) is 3.37. The summed E-state index contributed by atoms with van der Waals surface area (Å²) in [4.78, 5) is 32.4. The number of aromatic nitrogens is 1. The Hall–Kier alpha value is -3.63. The summed E-state index contributed by atoms with van der Waals surface area (Å²) in [5, 5.41) is 12.4. The van der Waals surface area contributed by atoms with E-state index in [0.29, 0.717) is 34.8 Å². The smallest absolute Gasteiger partial charge is 0.261 e. The molecule has 0 aliphatic carbocycles. The van der Waals surface area contributed by atoms with Gasteiger partial charge in [-0.05, 0) is 61.0 Å². The second kappa shape index (κ2) is 8.39. The van der Waals surface area contributed by atoms with E-state index in [1.165, 1.54) is 11.8 Å². The van der Waals surface area contributed by atoms with Gasteiger partial charge in [0.25, 0.3) is 11.8 Å². The lowest BCUT2D eigenvalue weighted by Crippen LogP contribution is -2.30. The maximum absolute atomic E-state index is 12.9. The largest absolute Gasteiger partial charge is 0.348 e. The molecule has 0 unspecified atom stereocenters. The van der Waals surface area contributed by atoms with E-state index in [-0.39, 0.29) is 11.8 Å². The lowest BCUT2D eigenvalue weighted by Gasteiger charge is -2.21. The number of nitrogens with zero attached hydrogens (tertiary/aromatic N) is 3. The first-order chi connectivity index (χ1) is 14.6. The van der Waals surface area contributed by atoms with E-state index in [0.717, 1.165) is 16.1 Å². The molecule has 1 aromatic heterocycles. The van der Waals surface area contributed by atoms with Crippen molar-refractivity contribution in [2.45, 2.75) is 23.4 Å². The van der Waals surface area contributed by atoms with Gasteiger partial charge in [-0.25, -0.2) is 4.98 Å². The van der Waals surface area contributed by atoms with Gasteiger partial charge >= 0.3 is 0 Å². The zero-order valence-electron chi connectivity index (χ0n) is 16.3. The van der Waals surface area contributed by atoms with Crippen molar-refractivity contribution in [1.82, 2.24) is 10.3 Å². The fourth-order valence-electron chi connectivity index (χ4n) is 3.26. The molecule has 0 atom stereocenters. The predicted molar refractivity (Wildman–Crippen MR) is 114 cm³/mol. The molecule has 0 fully saturated rings. The van der Waals surface area contributed by atoms with Crippen molar-refractivity contribution in [3.63, 3.8) is 0 Å². The Balaban J connectivity index is 1.56. The monoisotopic (exact) mass is 414 g/mol. The van der Waals surface area contributed by atoms with E-state index < -0.39 is 0 Å². The molecule has 0 bridgehead atoms. The van der Waals surface area contributed by atoms with Crippen LogP contribution in [0.3, 0.4) is 0 Å². The van der Waals surface area contributed by atoms with E-state index in [1.54, 1.807) is 47.5 Å². The molecule has 1 N–H and O–H groups in total. The normalized spacial score (nSPS) is 12.4. The second-order valence-electron chi connectivity index (χ2n) is 6.68. The molecular weight excluding hydrogens is 396 g/mol. The zero-order chi connectivity index (χ0) is 21.1. The zero-order valence-corrected chi connectivity index (χ0v) is 17.1. The fraction of sp³-hybridized carbons (Fsp3) is 0.130. The molecule has 0 radical (unpaired) electrons. The quantitative estimate of drug-likeness (QED) is 0.697. The highest BCUT2D eigenvalue weighted by atomic mass is 32.2. The highest BCUT2D eigenvalue weighted by molar-refractivity contribution is 7.99. The fourth-order valence-corrected chi connectivity index (χ4v) is 4.34. The van der Waals surface area contributed by atoms with Gasteiger partial charge in [0.15, 0.2) is 0 Å². The van der Waals surface area contributed by atoms with Gasteiger partial charge in [-0.3, -0.25) is 9.59 Å². The summed E-state index contributed by atoms with van der Waals surface area (Å²) in [6, 6.07) is 17.9. The number of carbonyl (C=O) groups excluding carboxylic acids is 2. The van der Waals surface area contributed by atoms with E-state index in [1.807, 2.05) is 31.2 Å². The Morgan fingerprint density at radius 3 is 2.73 bits per heavy atom. The molecule has 0 spiro atoms. The first kappa shape index (κ1) is 19.7. The van der Waals surface area contributed by atoms with Crippen LogP contribution in [0.4, 0.5) is 5.69 Å². The highest BCUT2D eigenvalue weighted by Gasteiger charge is 2.27. The summed E-state index contributed by atoms with van der Waals surface area (Å²) in [6.07, 6.45) is 1.68. The van der Waals surface area contributed by atoms with Crippen molar-refractivity contribution in [1.29, 1.82) is 5.26 Å². The lowest BCUT2D eigenvalue weighted by molar-refractivity contribution is 0.0949. The van der Waals surface area contributed by atoms with Gasteiger partial charge in [-0.15, -0.1) is 0 Å². The molecule has 2 heterocycles.